The number of aromatic nitrogens is 1. The van der Waals surface area contributed by atoms with E-state index < -0.39 is 5.97 Å². The zero-order valence-corrected chi connectivity index (χ0v) is 10.1. The molecule has 1 aromatic carbocycles. The minimum absolute atomic E-state index is 0.000793. The van der Waals surface area contributed by atoms with Crippen LogP contribution < -0.4 is 4.74 Å². The summed E-state index contributed by atoms with van der Waals surface area (Å²) < 4.78 is 5.60. The van der Waals surface area contributed by atoms with Crippen molar-refractivity contribution in [1.82, 2.24) is 4.98 Å². The Morgan fingerprint density at radius 2 is 1.89 bits per heavy atom. The average molecular weight is 259 g/mol. The molecular weight excluding hydrogens is 246 g/mol. The van der Waals surface area contributed by atoms with E-state index in [2.05, 4.69) is 4.98 Å². The van der Waals surface area contributed by atoms with Gasteiger partial charge in [0.2, 0.25) is 0 Å². The first-order chi connectivity index (χ1) is 9.22. The topological polar surface area (TPSA) is 79.7 Å². The van der Waals surface area contributed by atoms with E-state index in [1.807, 2.05) is 12.1 Å². The van der Waals surface area contributed by atoms with E-state index in [1.165, 1.54) is 6.20 Å². The molecule has 5 heteroatoms. The fourth-order valence-corrected chi connectivity index (χ4v) is 1.68. The van der Waals surface area contributed by atoms with Gasteiger partial charge in [-0.25, -0.2) is 9.78 Å². The number of hydrogen-bond acceptors (Lipinski definition) is 4. The number of carboxylic acids is 1. The van der Waals surface area contributed by atoms with E-state index in [4.69, 9.17) is 14.9 Å². The Bertz CT molecular complexity index is 583. The number of aliphatic hydroxyl groups is 1. The van der Waals surface area contributed by atoms with Crippen LogP contribution in [0.3, 0.4) is 0 Å². The molecule has 2 rings (SSSR count). The van der Waals surface area contributed by atoms with E-state index >= 15 is 0 Å². The number of hydrogen-bond donors (Lipinski definition) is 2. The minimum Gasteiger partial charge on any atom is -0.476 e. The lowest BCUT2D eigenvalue weighted by Gasteiger charge is -2.11. The molecule has 2 N–H and O–H groups in total. The lowest BCUT2D eigenvalue weighted by Crippen LogP contribution is -2.03. The van der Waals surface area contributed by atoms with Gasteiger partial charge in [0.15, 0.2) is 11.4 Å². The summed E-state index contributed by atoms with van der Waals surface area (Å²) in [6.45, 7) is -0.000793. The number of carboxylic acid groups (broad SMARTS) is 1. The van der Waals surface area contributed by atoms with Crippen LogP contribution in [0.4, 0.5) is 0 Å². The van der Waals surface area contributed by atoms with Crippen molar-refractivity contribution in [3.8, 4) is 11.5 Å². The molecule has 0 bridgehead atoms. The van der Waals surface area contributed by atoms with Crippen molar-refractivity contribution in [2.45, 2.75) is 6.42 Å². The molecule has 0 fully saturated rings. The molecular formula is C14H13NO4. The van der Waals surface area contributed by atoms with Crippen LogP contribution in [-0.2, 0) is 6.42 Å². The van der Waals surface area contributed by atoms with E-state index in [-0.39, 0.29) is 18.1 Å². The van der Waals surface area contributed by atoms with Crippen LogP contribution in [0.1, 0.15) is 16.1 Å². The van der Waals surface area contributed by atoms with Gasteiger partial charge in [0, 0.05) is 12.8 Å². The quantitative estimate of drug-likeness (QED) is 0.859. The molecule has 1 aromatic heterocycles. The summed E-state index contributed by atoms with van der Waals surface area (Å²) in [5, 5.41) is 18.0. The van der Waals surface area contributed by atoms with Crippen molar-refractivity contribution in [3.05, 3.63) is 53.9 Å². The molecule has 1 heterocycles. The second-order valence-corrected chi connectivity index (χ2v) is 3.84. The number of aliphatic hydroxyl groups excluding tert-OH is 1. The van der Waals surface area contributed by atoms with Crippen LogP contribution in [-0.4, -0.2) is 27.8 Å². The standard InChI is InChI=1S/C14H13NO4/c16-9-7-10-4-1-2-5-11(10)19-12-6-3-8-15-13(12)14(17)18/h1-6,8,16H,7,9H2,(H,17,18). The predicted octanol–water partition coefficient (Wildman–Crippen LogP) is 2.11. The Morgan fingerprint density at radius 3 is 2.63 bits per heavy atom. The fraction of sp³-hybridized carbons (Fsp3) is 0.143. The summed E-state index contributed by atoms with van der Waals surface area (Å²) >= 11 is 0. The summed E-state index contributed by atoms with van der Waals surface area (Å²) in [6.07, 6.45) is 1.84. The molecule has 98 valence electrons. The van der Waals surface area contributed by atoms with Crippen molar-refractivity contribution < 1.29 is 19.7 Å². The van der Waals surface area contributed by atoms with Crippen LogP contribution in [0, 0.1) is 0 Å². The zero-order valence-electron chi connectivity index (χ0n) is 10.1. The Balaban J connectivity index is 2.34. The SMILES string of the molecule is O=C(O)c1ncccc1Oc1ccccc1CCO. The Labute approximate surface area is 110 Å². The van der Waals surface area contributed by atoms with Crippen molar-refractivity contribution in [1.29, 1.82) is 0 Å². The molecule has 0 unspecified atom stereocenters. The highest BCUT2D eigenvalue weighted by atomic mass is 16.5. The maximum Gasteiger partial charge on any atom is 0.358 e. The number of nitrogens with zero attached hydrogens (tertiary/aromatic N) is 1. The number of aromatic carboxylic acids is 1. The lowest BCUT2D eigenvalue weighted by molar-refractivity contribution is 0.0687. The summed E-state index contributed by atoms with van der Waals surface area (Å²) in [5.74, 6) is -0.442. The van der Waals surface area contributed by atoms with Crippen molar-refractivity contribution >= 4 is 5.97 Å². The number of benzene rings is 1. The van der Waals surface area contributed by atoms with Gasteiger partial charge in [-0.15, -0.1) is 0 Å². The number of pyridine rings is 1. The molecule has 0 aliphatic rings. The van der Waals surface area contributed by atoms with Crippen molar-refractivity contribution in [2.24, 2.45) is 0 Å². The molecule has 0 aliphatic heterocycles. The lowest BCUT2D eigenvalue weighted by atomic mass is 10.1. The van der Waals surface area contributed by atoms with E-state index in [0.717, 1.165) is 5.56 Å². The molecule has 0 spiro atoms. The third-order valence-electron chi connectivity index (χ3n) is 2.55. The summed E-state index contributed by atoms with van der Waals surface area (Å²) in [6, 6.07) is 10.3. The summed E-state index contributed by atoms with van der Waals surface area (Å²) in [5.41, 5.74) is 0.673. The first-order valence-corrected chi connectivity index (χ1v) is 5.77. The molecule has 2 aromatic rings. The Hall–Kier alpha value is -2.40. The average Bonchev–Trinajstić information content (AvgIpc) is 2.42. The monoisotopic (exact) mass is 259 g/mol. The van der Waals surface area contributed by atoms with Gasteiger partial charge < -0.3 is 14.9 Å². The number of carbonyl (C=O) groups is 1. The number of para-hydroxylation sites is 1. The molecule has 0 saturated carbocycles. The van der Waals surface area contributed by atoms with Crippen LogP contribution in [0.25, 0.3) is 0 Å². The largest absolute Gasteiger partial charge is 0.476 e. The Kier molecular flexibility index (Phi) is 4.10. The molecule has 5 nitrogen and oxygen atoms in total. The summed E-state index contributed by atoms with van der Waals surface area (Å²) in [7, 11) is 0. The van der Waals surface area contributed by atoms with Gasteiger partial charge in [0.25, 0.3) is 0 Å². The highest BCUT2D eigenvalue weighted by Gasteiger charge is 2.14. The van der Waals surface area contributed by atoms with E-state index in [9.17, 15) is 4.79 Å². The summed E-state index contributed by atoms with van der Waals surface area (Å²) in [4.78, 5) is 14.8. The maximum absolute atomic E-state index is 11.0. The van der Waals surface area contributed by atoms with Gasteiger partial charge in [0.1, 0.15) is 5.75 Å². The first kappa shape index (κ1) is 13.0. The normalized spacial score (nSPS) is 10.2. The third kappa shape index (κ3) is 3.08. The van der Waals surface area contributed by atoms with Gasteiger partial charge in [-0.05, 0) is 30.2 Å². The Morgan fingerprint density at radius 1 is 1.16 bits per heavy atom. The molecule has 0 saturated heterocycles. The van der Waals surface area contributed by atoms with Crippen LogP contribution in [0.5, 0.6) is 11.5 Å². The molecule has 0 radical (unpaired) electrons. The second-order valence-electron chi connectivity index (χ2n) is 3.84. The van der Waals surface area contributed by atoms with Gasteiger partial charge >= 0.3 is 5.97 Å². The molecule has 0 amide bonds. The third-order valence-corrected chi connectivity index (χ3v) is 2.55. The van der Waals surface area contributed by atoms with E-state index in [1.54, 1.807) is 24.3 Å². The van der Waals surface area contributed by atoms with Crippen LogP contribution >= 0.6 is 0 Å². The zero-order chi connectivity index (χ0) is 13.7. The smallest absolute Gasteiger partial charge is 0.358 e. The number of rotatable bonds is 5. The fourth-order valence-electron chi connectivity index (χ4n) is 1.68. The highest BCUT2D eigenvalue weighted by molar-refractivity contribution is 5.88. The second kappa shape index (κ2) is 5.97. The van der Waals surface area contributed by atoms with Gasteiger partial charge in [-0.3, -0.25) is 0 Å². The first-order valence-electron chi connectivity index (χ1n) is 5.77. The molecule has 0 aliphatic carbocycles. The minimum atomic E-state index is -1.14. The van der Waals surface area contributed by atoms with E-state index in [0.29, 0.717) is 12.2 Å². The van der Waals surface area contributed by atoms with Crippen LogP contribution in [0.15, 0.2) is 42.6 Å². The number of ether oxygens (including phenoxy) is 1. The van der Waals surface area contributed by atoms with Gasteiger partial charge in [0.05, 0.1) is 0 Å². The van der Waals surface area contributed by atoms with Crippen molar-refractivity contribution in [3.63, 3.8) is 0 Å². The molecule has 0 atom stereocenters. The van der Waals surface area contributed by atoms with Crippen molar-refractivity contribution in [2.75, 3.05) is 6.61 Å². The van der Waals surface area contributed by atoms with Gasteiger partial charge in [-0.1, -0.05) is 18.2 Å². The predicted molar refractivity (Wildman–Crippen MR) is 68.5 cm³/mol. The highest BCUT2D eigenvalue weighted by Crippen LogP contribution is 2.27. The van der Waals surface area contributed by atoms with Crippen LogP contribution in [0.2, 0.25) is 0 Å². The van der Waals surface area contributed by atoms with Gasteiger partial charge in [-0.2, -0.15) is 0 Å². The maximum atomic E-state index is 11.0. The molecule has 19 heavy (non-hydrogen) atoms.